The van der Waals surface area contributed by atoms with Crippen LogP contribution in [0.5, 0.6) is 5.75 Å². The van der Waals surface area contributed by atoms with Crippen LogP contribution in [-0.4, -0.2) is 31.6 Å². The van der Waals surface area contributed by atoms with E-state index in [9.17, 15) is 0 Å². The van der Waals surface area contributed by atoms with Crippen molar-refractivity contribution in [3.8, 4) is 11.8 Å². The number of fused-ring (bicyclic) bond motifs is 1. The Kier molecular flexibility index (Phi) is 4.60. The van der Waals surface area contributed by atoms with Gasteiger partial charge in [0.2, 0.25) is 0 Å². The van der Waals surface area contributed by atoms with Crippen molar-refractivity contribution in [1.82, 2.24) is 4.90 Å². The second-order valence-corrected chi connectivity index (χ2v) is 4.86. The molecule has 0 spiro atoms. The molecule has 0 unspecified atom stereocenters. The van der Waals surface area contributed by atoms with Crippen molar-refractivity contribution in [1.29, 1.82) is 5.26 Å². The van der Waals surface area contributed by atoms with E-state index in [1.165, 1.54) is 11.1 Å². The van der Waals surface area contributed by atoms with Crippen LogP contribution < -0.4 is 4.74 Å². The number of rotatable bonds is 5. The van der Waals surface area contributed by atoms with Gasteiger partial charge in [-0.05, 0) is 43.5 Å². The van der Waals surface area contributed by atoms with Gasteiger partial charge in [-0.25, -0.2) is 0 Å². The molecule has 96 valence electrons. The van der Waals surface area contributed by atoms with Crippen LogP contribution in [0.2, 0.25) is 0 Å². The fourth-order valence-electron chi connectivity index (χ4n) is 2.24. The maximum atomic E-state index is 8.54. The van der Waals surface area contributed by atoms with Gasteiger partial charge in [-0.3, -0.25) is 0 Å². The van der Waals surface area contributed by atoms with Gasteiger partial charge in [0.25, 0.3) is 0 Å². The molecule has 1 heterocycles. The van der Waals surface area contributed by atoms with Gasteiger partial charge in [0, 0.05) is 19.5 Å². The first-order valence-corrected chi connectivity index (χ1v) is 6.59. The highest BCUT2D eigenvalue weighted by Crippen LogP contribution is 2.25. The minimum absolute atomic E-state index is 0.606. The van der Waals surface area contributed by atoms with E-state index in [4.69, 9.17) is 10.00 Å². The molecule has 1 aromatic rings. The van der Waals surface area contributed by atoms with Crippen molar-refractivity contribution in [3.05, 3.63) is 29.3 Å². The summed E-state index contributed by atoms with van der Waals surface area (Å²) < 4.78 is 5.61. The molecular formula is C15H20N2O. The smallest absolute Gasteiger partial charge is 0.122 e. The lowest BCUT2D eigenvalue weighted by molar-refractivity contribution is 0.288. The van der Waals surface area contributed by atoms with Crippen LogP contribution in [0.15, 0.2) is 18.2 Å². The maximum Gasteiger partial charge on any atom is 0.122 e. The van der Waals surface area contributed by atoms with Crippen LogP contribution >= 0.6 is 0 Å². The summed E-state index contributed by atoms with van der Waals surface area (Å²) in [5.41, 5.74) is 2.71. The highest BCUT2D eigenvalue weighted by atomic mass is 16.5. The average Bonchev–Trinajstić information content (AvgIpc) is 2.42. The zero-order valence-corrected chi connectivity index (χ0v) is 11.0. The third kappa shape index (κ3) is 3.48. The zero-order chi connectivity index (χ0) is 12.8. The molecular weight excluding hydrogens is 224 g/mol. The number of ether oxygens (including phenoxy) is 1. The van der Waals surface area contributed by atoms with E-state index in [-0.39, 0.29) is 0 Å². The Labute approximate surface area is 109 Å². The first-order chi connectivity index (χ1) is 8.79. The summed E-state index contributed by atoms with van der Waals surface area (Å²) in [7, 11) is 2.07. The van der Waals surface area contributed by atoms with Gasteiger partial charge in [-0.15, -0.1) is 0 Å². The van der Waals surface area contributed by atoms with E-state index in [1.54, 1.807) is 0 Å². The van der Waals surface area contributed by atoms with Crippen molar-refractivity contribution < 1.29 is 4.74 Å². The molecule has 18 heavy (non-hydrogen) atoms. The predicted molar refractivity (Wildman–Crippen MR) is 71.7 cm³/mol. The standard InChI is InChI=1S/C15H20N2O/c1-17(9-3-8-16)10-7-13-5-6-15-14(12-13)4-2-11-18-15/h5-6,12H,2-4,7,9-11H2,1H3. The van der Waals surface area contributed by atoms with Crippen molar-refractivity contribution in [2.24, 2.45) is 0 Å². The molecule has 0 saturated heterocycles. The predicted octanol–water partition coefficient (Wildman–Crippen LogP) is 2.40. The van der Waals surface area contributed by atoms with Crippen LogP contribution in [0.4, 0.5) is 0 Å². The molecule has 0 radical (unpaired) electrons. The number of hydrogen-bond donors (Lipinski definition) is 0. The summed E-state index contributed by atoms with van der Waals surface area (Å²) in [5.74, 6) is 1.06. The van der Waals surface area contributed by atoms with Crippen LogP contribution in [-0.2, 0) is 12.8 Å². The minimum atomic E-state index is 0.606. The van der Waals surface area contributed by atoms with Crippen molar-refractivity contribution in [2.75, 3.05) is 26.7 Å². The molecule has 1 aromatic carbocycles. The second-order valence-electron chi connectivity index (χ2n) is 4.86. The maximum absolute atomic E-state index is 8.54. The SMILES string of the molecule is CN(CCC#N)CCc1ccc2c(c1)CCCO2. The third-order valence-corrected chi connectivity index (χ3v) is 3.36. The largest absolute Gasteiger partial charge is 0.493 e. The molecule has 0 saturated carbocycles. The van der Waals surface area contributed by atoms with Gasteiger partial charge in [0.1, 0.15) is 5.75 Å². The molecule has 0 N–H and O–H groups in total. The van der Waals surface area contributed by atoms with Crippen LogP contribution in [0.25, 0.3) is 0 Å². The van der Waals surface area contributed by atoms with Crippen LogP contribution in [0.1, 0.15) is 24.0 Å². The molecule has 0 atom stereocenters. The first-order valence-electron chi connectivity index (χ1n) is 6.59. The van der Waals surface area contributed by atoms with E-state index in [0.717, 1.165) is 44.7 Å². The summed E-state index contributed by atoms with van der Waals surface area (Å²) in [6.07, 6.45) is 3.90. The van der Waals surface area contributed by atoms with E-state index in [1.807, 2.05) is 0 Å². The first kappa shape index (κ1) is 12.9. The second kappa shape index (κ2) is 6.42. The lowest BCUT2D eigenvalue weighted by atomic mass is 10.0. The van der Waals surface area contributed by atoms with Gasteiger partial charge in [0.15, 0.2) is 0 Å². The highest BCUT2D eigenvalue weighted by molar-refractivity contribution is 5.38. The quantitative estimate of drug-likeness (QED) is 0.798. The zero-order valence-electron chi connectivity index (χ0n) is 11.0. The number of nitrogens with zero attached hydrogens (tertiary/aromatic N) is 2. The molecule has 3 heteroatoms. The van der Waals surface area contributed by atoms with E-state index >= 15 is 0 Å². The van der Waals surface area contributed by atoms with E-state index < -0.39 is 0 Å². The van der Waals surface area contributed by atoms with Crippen molar-refractivity contribution >= 4 is 0 Å². The Hall–Kier alpha value is -1.53. The van der Waals surface area contributed by atoms with Gasteiger partial charge >= 0.3 is 0 Å². The molecule has 1 aliphatic heterocycles. The van der Waals surface area contributed by atoms with Gasteiger partial charge in [0.05, 0.1) is 12.7 Å². The highest BCUT2D eigenvalue weighted by Gasteiger charge is 2.10. The number of aryl methyl sites for hydroxylation is 1. The summed E-state index contributed by atoms with van der Waals surface area (Å²) in [6.45, 7) is 2.70. The Balaban J connectivity index is 1.88. The van der Waals surface area contributed by atoms with E-state index in [0.29, 0.717) is 6.42 Å². The minimum Gasteiger partial charge on any atom is -0.493 e. The number of likely N-dealkylation sites (N-methyl/N-ethyl adjacent to an activating group) is 1. The number of hydrogen-bond acceptors (Lipinski definition) is 3. The van der Waals surface area contributed by atoms with Gasteiger partial charge < -0.3 is 9.64 Å². The fourth-order valence-corrected chi connectivity index (χ4v) is 2.24. The van der Waals surface area contributed by atoms with E-state index in [2.05, 4.69) is 36.2 Å². The molecule has 2 rings (SSSR count). The monoisotopic (exact) mass is 244 g/mol. The molecule has 0 fully saturated rings. The topological polar surface area (TPSA) is 36.3 Å². The third-order valence-electron chi connectivity index (χ3n) is 3.36. The van der Waals surface area contributed by atoms with Gasteiger partial charge in [-0.1, -0.05) is 12.1 Å². The molecule has 1 aliphatic rings. The summed E-state index contributed by atoms with van der Waals surface area (Å²) >= 11 is 0. The summed E-state index contributed by atoms with van der Waals surface area (Å²) in [4.78, 5) is 2.21. The summed E-state index contributed by atoms with van der Waals surface area (Å²) in [6, 6.07) is 8.70. The Morgan fingerprint density at radius 1 is 1.39 bits per heavy atom. The Bertz CT molecular complexity index is 437. The molecule has 3 nitrogen and oxygen atoms in total. The summed E-state index contributed by atoms with van der Waals surface area (Å²) in [5, 5.41) is 8.54. The lowest BCUT2D eigenvalue weighted by Crippen LogP contribution is -2.22. The van der Waals surface area contributed by atoms with Crippen molar-refractivity contribution in [2.45, 2.75) is 25.7 Å². The molecule has 0 amide bonds. The molecule has 0 bridgehead atoms. The lowest BCUT2D eigenvalue weighted by Gasteiger charge is -2.19. The average molecular weight is 244 g/mol. The number of benzene rings is 1. The molecule has 0 aromatic heterocycles. The fraction of sp³-hybridized carbons (Fsp3) is 0.533. The Morgan fingerprint density at radius 2 is 2.28 bits per heavy atom. The van der Waals surface area contributed by atoms with Gasteiger partial charge in [-0.2, -0.15) is 5.26 Å². The Morgan fingerprint density at radius 3 is 3.11 bits per heavy atom. The van der Waals surface area contributed by atoms with Crippen LogP contribution in [0.3, 0.4) is 0 Å². The number of nitriles is 1. The molecule has 0 aliphatic carbocycles. The van der Waals surface area contributed by atoms with Crippen molar-refractivity contribution in [3.63, 3.8) is 0 Å². The van der Waals surface area contributed by atoms with Crippen LogP contribution in [0, 0.1) is 11.3 Å². The normalized spacial score (nSPS) is 13.8.